The Morgan fingerprint density at radius 2 is 1.97 bits per heavy atom. The van der Waals surface area contributed by atoms with E-state index in [1.54, 1.807) is 13.3 Å². The largest absolute Gasteiger partial charge is 0.494 e. The lowest BCUT2D eigenvalue weighted by molar-refractivity contribution is -0.111. The molecule has 1 amide bonds. The summed E-state index contributed by atoms with van der Waals surface area (Å²) in [5.41, 5.74) is 4.60. The zero-order valence-corrected chi connectivity index (χ0v) is 22.0. The van der Waals surface area contributed by atoms with Gasteiger partial charge in [-0.2, -0.15) is 4.98 Å². The van der Waals surface area contributed by atoms with Crippen molar-refractivity contribution in [2.24, 2.45) is 0 Å². The predicted octanol–water partition coefficient (Wildman–Crippen LogP) is 4.44. The summed E-state index contributed by atoms with van der Waals surface area (Å²) in [6.45, 7) is 6.10. The van der Waals surface area contributed by atoms with Crippen LogP contribution in [-0.2, 0) is 11.2 Å². The quantitative estimate of drug-likeness (QED) is 0.395. The molecule has 2 heterocycles. The number of anilines is 6. The number of hydrogen-bond acceptors (Lipinski definition) is 8. The number of benzene rings is 2. The number of nitrogens with one attached hydrogen (secondary N) is 2. The van der Waals surface area contributed by atoms with E-state index < -0.39 is 0 Å². The molecule has 0 saturated carbocycles. The second-order valence-electron chi connectivity index (χ2n) is 9.24. The van der Waals surface area contributed by atoms with Crippen LogP contribution in [0.2, 0.25) is 0 Å². The van der Waals surface area contributed by atoms with Crippen molar-refractivity contribution in [1.82, 2.24) is 14.9 Å². The topological polar surface area (TPSA) is 85.9 Å². The van der Waals surface area contributed by atoms with Crippen LogP contribution in [0.4, 0.5) is 34.5 Å². The Morgan fingerprint density at radius 1 is 1.16 bits per heavy atom. The molecule has 3 aromatic rings. The standard InChI is InChI=1S/C28H35N7O2/c1-6-27(36)30-21-18-22(25(37-5)19-24(21)34(4)17-16-33(2)3)31-28-29-14-13-26(32-28)35-15-9-11-20-10-7-8-12-23(20)35/h6-8,10,12-14,18-19H,1,9,11,15-17H2,2-5H3,(H,30,36)(H,29,31,32). The zero-order valence-electron chi connectivity index (χ0n) is 22.0. The van der Waals surface area contributed by atoms with Gasteiger partial charge in [-0.1, -0.05) is 24.8 Å². The molecule has 0 spiro atoms. The van der Waals surface area contributed by atoms with Gasteiger partial charge in [0, 0.05) is 44.6 Å². The highest BCUT2D eigenvalue weighted by Crippen LogP contribution is 2.38. The summed E-state index contributed by atoms with van der Waals surface area (Å²) in [4.78, 5) is 27.9. The highest BCUT2D eigenvalue weighted by molar-refractivity contribution is 6.02. The summed E-state index contributed by atoms with van der Waals surface area (Å²) in [5.74, 6) is 1.58. The van der Waals surface area contributed by atoms with Crippen LogP contribution in [-0.4, -0.2) is 68.7 Å². The molecular formula is C28H35N7O2. The van der Waals surface area contributed by atoms with Crippen molar-refractivity contribution in [2.75, 3.05) is 68.3 Å². The number of fused-ring (bicyclic) bond motifs is 1. The summed E-state index contributed by atoms with van der Waals surface area (Å²) < 4.78 is 5.71. The van der Waals surface area contributed by atoms with Crippen LogP contribution in [0.1, 0.15) is 12.0 Å². The lowest BCUT2D eigenvalue weighted by atomic mass is 10.0. The van der Waals surface area contributed by atoms with Gasteiger partial charge in [0.2, 0.25) is 11.9 Å². The van der Waals surface area contributed by atoms with E-state index >= 15 is 0 Å². The SMILES string of the molecule is C=CC(=O)Nc1cc(Nc2nccc(N3CCCc4ccccc43)n2)c(OC)cc1N(C)CCN(C)C. The molecule has 2 N–H and O–H groups in total. The molecular weight excluding hydrogens is 466 g/mol. The molecule has 0 radical (unpaired) electrons. The van der Waals surface area contributed by atoms with Crippen molar-refractivity contribution in [3.05, 3.63) is 66.9 Å². The number of methoxy groups -OCH3 is 1. The van der Waals surface area contributed by atoms with Gasteiger partial charge in [-0.3, -0.25) is 4.79 Å². The Hall–Kier alpha value is -4.11. The summed E-state index contributed by atoms with van der Waals surface area (Å²) in [6.07, 6.45) is 5.13. The number of hydrogen-bond donors (Lipinski definition) is 2. The van der Waals surface area contributed by atoms with Crippen LogP contribution in [0.15, 0.2) is 61.3 Å². The molecule has 1 aliphatic heterocycles. The maximum absolute atomic E-state index is 12.2. The van der Waals surface area contributed by atoms with Crippen LogP contribution in [0, 0.1) is 0 Å². The molecule has 37 heavy (non-hydrogen) atoms. The molecule has 1 aliphatic rings. The molecule has 4 rings (SSSR count). The summed E-state index contributed by atoms with van der Waals surface area (Å²) in [7, 11) is 7.66. The molecule has 0 saturated heterocycles. The molecule has 0 aliphatic carbocycles. The third kappa shape index (κ3) is 6.18. The van der Waals surface area contributed by atoms with Crippen molar-refractivity contribution in [1.29, 1.82) is 0 Å². The van der Waals surface area contributed by atoms with Crippen molar-refractivity contribution in [3.8, 4) is 5.75 Å². The smallest absolute Gasteiger partial charge is 0.247 e. The van der Waals surface area contributed by atoms with Crippen LogP contribution in [0.3, 0.4) is 0 Å². The van der Waals surface area contributed by atoms with Gasteiger partial charge in [0.25, 0.3) is 0 Å². The molecule has 2 aromatic carbocycles. The number of carbonyl (C=O) groups is 1. The number of aromatic nitrogens is 2. The van der Waals surface area contributed by atoms with Gasteiger partial charge in [0.05, 0.1) is 24.2 Å². The molecule has 9 heteroatoms. The first-order valence-corrected chi connectivity index (χ1v) is 12.4. The average molecular weight is 502 g/mol. The number of para-hydroxylation sites is 1. The molecule has 0 bridgehead atoms. The van der Waals surface area contributed by atoms with Gasteiger partial charge >= 0.3 is 0 Å². The number of ether oxygens (including phenoxy) is 1. The lowest BCUT2D eigenvalue weighted by Gasteiger charge is -2.30. The third-order valence-corrected chi connectivity index (χ3v) is 6.33. The first kappa shape index (κ1) is 26.0. The molecule has 0 unspecified atom stereocenters. The highest BCUT2D eigenvalue weighted by atomic mass is 16.5. The number of likely N-dealkylation sites (N-methyl/N-ethyl adjacent to an activating group) is 2. The third-order valence-electron chi connectivity index (χ3n) is 6.33. The Morgan fingerprint density at radius 3 is 2.73 bits per heavy atom. The molecule has 0 atom stereocenters. The highest BCUT2D eigenvalue weighted by Gasteiger charge is 2.20. The number of nitrogens with zero attached hydrogens (tertiary/aromatic N) is 5. The monoisotopic (exact) mass is 501 g/mol. The van der Waals surface area contributed by atoms with Crippen LogP contribution < -0.4 is 25.2 Å². The lowest BCUT2D eigenvalue weighted by Crippen LogP contribution is -2.29. The summed E-state index contributed by atoms with van der Waals surface area (Å²) in [6, 6.07) is 14.1. The van der Waals surface area contributed by atoms with Crippen LogP contribution >= 0.6 is 0 Å². The Labute approximate surface area is 218 Å². The maximum atomic E-state index is 12.2. The summed E-state index contributed by atoms with van der Waals surface area (Å²) >= 11 is 0. The number of carbonyl (C=O) groups excluding carboxylic acids is 1. The van der Waals surface area contributed by atoms with Crippen LogP contribution in [0.25, 0.3) is 0 Å². The predicted molar refractivity (Wildman–Crippen MR) is 151 cm³/mol. The molecule has 1 aromatic heterocycles. The molecule has 194 valence electrons. The van der Waals surface area contributed by atoms with Gasteiger partial charge < -0.3 is 30.1 Å². The Bertz CT molecular complexity index is 1260. The van der Waals surface area contributed by atoms with E-state index in [4.69, 9.17) is 9.72 Å². The van der Waals surface area contributed by atoms with Crippen molar-refractivity contribution >= 4 is 40.4 Å². The number of aryl methyl sites for hydroxylation is 1. The molecule has 0 fully saturated rings. The van der Waals surface area contributed by atoms with E-state index in [1.807, 2.05) is 39.3 Å². The van der Waals surface area contributed by atoms with Crippen molar-refractivity contribution in [3.63, 3.8) is 0 Å². The Kier molecular flexibility index (Phi) is 8.25. The minimum absolute atomic E-state index is 0.291. The average Bonchev–Trinajstić information content (AvgIpc) is 2.91. The summed E-state index contributed by atoms with van der Waals surface area (Å²) in [5, 5.41) is 6.22. The minimum Gasteiger partial charge on any atom is -0.494 e. The number of rotatable bonds is 10. The second kappa shape index (κ2) is 11.7. The van der Waals surface area contributed by atoms with E-state index in [0.29, 0.717) is 23.1 Å². The molecule has 9 nitrogen and oxygen atoms in total. The van der Waals surface area contributed by atoms with E-state index in [9.17, 15) is 4.79 Å². The second-order valence-corrected chi connectivity index (χ2v) is 9.24. The van der Waals surface area contributed by atoms with Crippen molar-refractivity contribution in [2.45, 2.75) is 12.8 Å². The number of amides is 1. The van der Waals surface area contributed by atoms with E-state index in [1.165, 1.54) is 17.3 Å². The van der Waals surface area contributed by atoms with E-state index in [2.05, 4.69) is 61.2 Å². The van der Waals surface area contributed by atoms with Crippen molar-refractivity contribution < 1.29 is 9.53 Å². The van der Waals surface area contributed by atoms with E-state index in [0.717, 1.165) is 44.0 Å². The van der Waals surface area contributed by atoms with Gasteiger partial charge in [0.15, 0.2) is 0 Å². The van der Waals surface area contributed by atoms with Gasteiger partial charge in [0.1, 0.15) is 11.6 Å². The Balaban J connectivity index is 1.66. The fraction of sp³-hybridized carbons (Fsp3) is 0.321. The maximum Gasteiger partial charge on any atom is 0.247 e. The van der Waals surface area contributed by atoms with Gasteiger partial charge in [-0.15, -0.1) is 0 Å². The van der Waals surface area contributed by atoms with E-state index in [-0.39, 0.29) is 5.91 Å². The fourth-order valence-corrected chi connectivity index (χ4v) is 4.36. The first-order valence-electron chi connectivity index (χ1n) is 12.4. The minimum atomic E-state index is -0.291. The first-order chi connectivity index (χ1) is 17.9. The van der Waals surface area contributed by atoms with Crippen LogP contribution in [0.5, 0.6) is 5.75 Å². The normalized spacial score (nSPS) is 12.6. The van der Waals surface area contributed by atoms with Gasteiger partial charge in [-0.25, -0.2) is 4.98 Å². The fourth-order valence-electron chi connectivity index (χ4n) is 4.36. The van der Waals surface area contributed by atoms with Gasteiger partial charge in [-0.05, 0) is 56.8 Å². The zero-order chi connectivity index (χ0) is 26.4.